The topological polar surface area (TPSA) is 99.3 Å². The zero-order chi connectivity index (χ0) is 18.9. The molecule has 9 heteroatoms. The van der Waals surface area contributed by atoms with Gasteiger partial charge in [-0.2, -0.15) is 5.10 Å². The van der Waals surface area contributed by atoms with Crippen LogP contribution >= 0.6 is 0 Å². The molecule has 0 radical (unpaired) electrons. The standard InChI is InChI=1S/C17H23N5O3S/c1-12-6-8-14(9-7-12)22(26(3,24)25)11-16(23)21-10-4-5-15(21)17-18-13(2)19-20-17/h6-9,15H,4-5,10-11H2,1-3H3,(H,18,19,20)/t15-/m1/s1. The third-order valence-corrected chi connectivity index (χ3v) is 5.63. The minimum absolute atomic E-state index is 0.216. The normalized spacial score (nSPS) is 17.5. The van der Waals surface area contributed by atoms with Crippen molar-refractivity contribution in [3.63, 3.8) is 0 Å². The Morgan fingerprint density at radius 2 is 2.00 bits per heavy atom. The molecule has 0 unspecified atom stereocenters. The summed E-state index contributed by atoms with van der Waals surface area (Å²) >= 11 is 0. The summed E-state index contributed by atoms with van der Waals surface area (Å²) in [4.78, 5) is 18.9. The van der Waals surface area contributed by atoms with Crippen molar-refractivity contribution in [2.75, 3.05) is 23.7 Å². The Labute approximate surface area is 153 Å². The van der Waals surface area contributed by atoms with E-state index in [0.717, 1.165) is 29.0 Å². The van der Waals surface area contributed by atoms with Crippen LogP contribution in [-0.2, 0) is 14.8 Å². The number of sulfonamides is 1. The van der Waals surface area contributed by atoms with Gasteiger partial charge >= 0.3 is 0 Å². The fourth-order valence-electron chi connectivity index (χ4n) is 3.17. The van der Waals surface area contributed by atoms with Crippen LogP contribution in [0.4, 0.5) is 5.69 Å². The molecule has 1 amide bonds. The van der Waals surface area contributed by atoms with E-state index in [0.29, 0.717) is 23.9 Å². The molecule has 3 rings (SSSR count). The van der Waals surface area contributed by atoms with Gasteiger partial charge in [-0.15, -0.1) is 0 Å². The van der Waals surface area contributed by atoms with Crippen LogP contribution in [0, 0.1) is 13.8 Å². The van der Waals surface area contributed by atoms with Crippen molar-refractivity contribution in [1.29, 1.82) is 0 Å². The third kappa shape index (κ3) is 3.87. The Hall–Kier alpha value is -2.42. The fourth-order valence-corrected chi connectivity index (χ4v) is 4.02. The number of aromatic amines is 1. The first kappa shape index (κ1) is 18.4. The quantitative estimate of drug-likeness (QED) is 0.852. The predicted molar refractivity (Wildman–Crippen MR) is 98.2 cm³/mol. The van der Waals surface area contributed by atoms with E-state index < -0.39 is 10.0 Å². The van der Waals surface area contributed by atoms with E-state index >= 15 is 0 Å². The molecular formula is C17H23N5O3S. The molecule has 1 fully saturated rings. The van der Waals surface area contributed by atoms with Gasteiger partial charge in [-0.25, -0.2) is 13.4 Å². The van der Waals surface area contributed by atoms with E-state index in [9.17, 15) is 13.2 Å². The summed E-state index contributed by atoms with van der Waals surface area (Å²) in [6.07, 6.45) is 2.72. The fraction of sp³-hybridized carbons (Fsp3) is 0.471. The number of likely N-dealkylation sites (tertiary alicyclic amines) is 1. The van der Waals surface area contributed by atoms with Crippen molar-refractivity contribution >= 4 is 21.6 Å². The van der Waals surface area contributed by atoms with Crippen LogP contribution in [-0.4, -0.2) is 53.8 Å². The Balaban J connectivity index is 1.82. The summed E-state index contributed by atoms with van der Waals surface area (Å²) in [6, 6.07) is 6.86. The van der Waals surface area contributed by atoms with E-state index in [4.69, 9.17) is 0 Å². The molecule has 1 saturated heterocycles. The molecule has 1 aliphatic rings. The van der Waals surface area contributed by atoms with Crippen molar-refractivity contribution < 1.29 is 13.2 Å². The first-order valence-electron chi connectivity index (χ1n) is 8.48. The van der Waals surface area contributed by atoms with Crippen LogP contribution in [0.1, 0.15) is 36.1 Å². The molecule has 0 saturated carbocycles. The Morgan fingerprint density at radius 3 is 2.58 bits per heavy atom. The molecule has 1 aromatic heterocycles. The van der Waals surface area contributed by atoms with Gasteiger partial charge in [0.1, 0.15) is 12.4 Å². The summed E-state index contributed by atoms with van der Waals surface area (Å²) in [7, 11) is -3.59. The number of benzene rings is 1. The molecule has 26 heavy (non-hydrogen) atoms. The van der Waals surface area contributed by atoms with Gasteiger partial charge in [0.2, 0.25) is 15.9 Å². The molecular weight excluding hydrogens is 354 g/mol. The van der Waals surface area contributed by atoms with Gasteiger partial charge in [0.15, 0.2) is 5.82 Å². The minimum Gasteiger partial charge on any atom is -0.331 e. The molecule has 1 aromatic carbocycles. The highest BCUT2D eigenvalue weighted by Crippen LogP contribution is 2.30. The monoisotopic (exact) mass is 377 g/mol. The number of nitrogens with zero attached hydrogens (tertiary/aromatic N) is 4. The van der Waals surface area contributed by atoms with Gasteiger partial charge in [0.25, 0.3) is 0 Å². The average molecular weight is 377 g/mol. The molecule has 0 spiro atoms. The number of amides is 1. The zero-order valence-electron chi connectivity index (χ0n) is 15.1. The van der Waals surface area contributed by atoms with Gasteiger partial charge in [0.05, 0.1) is 18.0 Å². The largest absolute Gasteiger partial charge is 0.331 e. The number of H-pyrrole nitrogens is 1. The van der Waals surface area contributed by atoms with Crippen LogP contribution < -0.4 is 4.31 Å². The van der Waals surface area contributed by atoms with E-state index in [1.54, 1.807) is 24.0 Å². The van der Waals surface area contributed by atoms with Gasteiger partial charge in [-0.3, -0.25) is 14.2 Å². The summed E-state index contributed by atoms with van der Waals surface area (Å²) < 4.78 is 25.6. The molecule has 0 bridgehead atoms. The van der Waals surface area contributed by atoms with E-state index in [1.165, 1.54) is 0 Å². The molecule has 2 heterocycles. The third-order valence-electron chi connectivity index (χ3n) is 4.49. The predicted octanol–water partition coefficient (Wildman–Crippen LogP) is 1.55. The molecule has 1 N–H and O–H groups in total. The summed E-state index contributed by atoms with van der Waals surface area (Å²) in [5.41, 5.74) is 1.50. The lowest BCUT2D eigenvalue weighted by Gasteiger charge is -2.27. The maximum atomic E-state index is 12.9. The lowest BCUT2D eigenvalue weighted by atomic mass is 10.2. The lowest BCUT2D eigenvalue weighted by Crippen LogP contribution is -2.42. The van der Waals surface area contributed by atoms with E-state index in [2.05, 4.69) is 15.2 Å². The Kier molecular flexibility index (Phi) is 4.99. The number of carbonyl (C=O) groups excluding carboxylic acids is 1. The number of hydrogen-bond donors (Lipinski definition) is 1. The second-order valence-corrected chi connectivity index (χ2v) is 8.54. The number of aryl methyl sites for hydroxylation is 2. The van der Waals surface area contributed by atoms with Crippen LogP contribution in [0.25, 0.3) is 0 Å². The molecule has 2 aromatic rings. The number of rotatable bonds is 5. The minimum atomic E-state index is -3.59. The first-order chi connectivity index (χ1) is 12.3. The van der Waals surface area contributed by atoms with Crippen LogP contribution in [0.2, 0.25) is 0 Å². The highest BCUT2D eigenvalue weighted by atomic mass is 32.2. The molecule has 1 atom stereocenters. The van der Waals surface area contributed by atoms with Crippen molar-refractivity contribution in [2.45, 2.75) is 32.7 Å². The molecule has 140 valence electrons. The van der Waals surface area contributed by atoms with Gasteiger partial charge in [-0.1, -0.05) is 17.7 Å². The number of aromatic nitrogens is 3. The van der Waals surface area contributed by atoms with Crippen molar-refractivity contribution in [2.24, 2.45) is 0 Å². The second-order valence-electron chi connectivity index (χ2n) is 6.63. The van der Waals surface area contributed by atoms with E-state index in [1.807, 2.05) is 19.1 Å². The second kappa shape index (κ2) is 7.06. The average Bonchev–Trinajstić information content (AvgIpc) is 3.21. The van der Waals surface area contributed by atoms with Crippen LogP contribution in [0.3, 0.4) is 0 Å². The van der Waals surface area contributed by atoms with Crippen LogP contribution in [0.15, 0.2) is 24.3 Å². The first-order valence-corrected chi connectivity index (χ1v) is 10.3. The van der Waals surface area contributed by atoms with E-state index in [-0.39, 0.29) is 18.5 Å². The lowest BCUT2D eigenvalue weighted by molar-refractivity contribution is -0.130. The molecule has 0 aliphatic carbocycles. The maximum Gasteiger partial charge on any atom is 0.243 e. The SMILES string of the molecule is Cc1ccc(N(CC(=O)N2CCC[C@@H]2c2n[nH]c(C)n2)S(C)(=O)=O)cc1. The van der Waals surface area contributed by atoms with Gasteiger partial charge in [-0.05, 0) is 38.8 Å². The molecule has 1 aliphatic heterocycles. The Bertz CT molecular complexity index is 891. The summed E-state index contributed by atoms with van der Waals surface area (Å²) in [6.45, 7) is 4.07. The number of nitrogens with one attached hydrogen (secondary N) is 1. The highest BCUT2D eigenvalue weighted by molar-refractivity contribution is 7.92. The van der Waals surface area contributed by atoms with Crippen molar-refractivity contribution in [3.05, 3.63) is 41.5 Å². The zero-order valence-corrected chi connectivity index (χ0v) is 16.0. The van der Waals surface area contributed by atoms with Crippen LogP contribution in [0.5, 0.6) is 0 Å². The van der Waals surface area contributed by atoms with Crippen molar-refractivity contribution in [1.82, 2.24) is 20.1 Å². The van der Waals surface area contributed by atoms with Gasteiger partial charge in [0, 0.05) is 6.54 Å². The number of carbonyl (C=O) groups is 1. The smallest absolute Gasteiger partial charge is 0.243 e. The summed E-state index contributed by atoms with van der Waals surface area (Å²) in [5, 5.41) is 6.96. The molecule has 8 nitrogen and oxygen atoms in total. The maximum absolute atomic E-state index is 12.9. The Morgan fingerprint density at radius 1 is 1.31 bits per heavy atom. The number of hydrogen-bond acceptors (Lipinski definition) is 5. The number of anilines is 1. The van der Waals surface area contributed by atoms with Crippen molar-refractivity contribution in [3.8, 4) is 0 Å². The highest BCUT2D eigenvalue weighted by Gasteiger charge is 2.34. The van der Waals surface area contributed by atoms with Gasteiger partial charge < -0.3 is 4.90 Å². The summed E-state index contributed by atoms with van der Waals surface area (Å²) in [5.74, 6) is 1.02.